The van der Waals surface area contributed by atoms with Gasteiger partial charge in [-0.15, -0.1) is 0 Å². The minimum atomic E-state index is -0.899. The Kier molecular flexibility index (Phi) is 7.50. The quantitative estimate of drug-likeness (QED) is 0.294. The Morgan fingerprint density at radius 3 is 2.71 bits per heavy atom. The van der Waals surface area contributed by atoms with Crippen molar-refractivity contribution in [1.82, 2.24) is 14.7 Å². The first-order valence-corrected chi connectivity index (χ1v) is 12.4. The topological polar surface area (TPSA) is 84.7 Å². The molecule has 3 aromatic rings. The van der Waals surface area contributed by atoms with Crippen molar-refractivity contribution < 1.29 is 19.4 Å². The van der Waals surface area contributed by atoms with Crippen molar-refractivity contribution in [3.05, 3.63) is 69.7 Å². The first-order valence-electron chi connectivity index (χ1n) is 10.3. The number of aromatic nitrogens is 2. The number of carbonyl (C=O) groups is 2. The second kappa shape index (κ2) is 10.5. The largest absolute Gasteiger partial charge is 0.496 e. The molecule has 0 saturated carbocycles. The molecule has 7 nitrogen and oxygen atoms in total. The number of carboxylic acids is 1. The van der Waals surface area contributed by atoms with Crippen LogP contribution in [0, 0.1) is 0 Å². The Morgan fingerprint density at radius 2 is 2.03 bits per heavy atom. The van der Waals surface area contributed by atoms with Gasteiger partial charge in [0.25, 0.3) is 5.91 Å². The van der Waals surface area contributed by atoms with Gasteiger partial charge in [-0.1, -0.05) is 42.2 Å². The van der Waals surface area contributed by atoms with E-state index in [0.29, 0.717) is 27.1 Å². The molecule has 0 radical (unpaired) electrons. The minimum absolute atomic E-state index is 0.0174. The summed E-state index contributed by atoms with van der Waals surface area (Å²) in [6, 6.07) is 15.4. The molecular weight excluding hydrogens is 538 g/mol. The highest BCUT2D eigenvalue weighted by molar-refractivity contribution is 9.10. The van der Waals surface area contributed by atoms with E-state index in [2.05, 4.69) is 15.9 Å². The Labute approximate surface area is 214 Å². The number of halogens is 1. The van der Waals surface area contributed by atoms with Gasteiger partial charge in [0.15, 0.2) is 0 Å². The maximum Gasteiger partial charge on any atom is 0.303 e. The fourth-order valence-corrected chi connectivity index (χ4v) is 5.31. The third-order valence-electron chi connectivity index (χ3n) is 5.12. The van der Waals surface area contributed by atoms with Crippen LogP contribution < -0.4 is 4.74 Å². The number of thiocarbonyl (C=S) groups is 1. The summed E-state index contributed by atoms with van der Waals surface area (Å²) in [4.78, 5) is 25.8. The van der Waals surface area contributed by atoms with E-state index < -0.39 is 5.97 Å². The molecule has 1 aliphatic rings. The molecule has 0 unspecified atom stereocenters. The van der Waals surface area contributed by atoms with Gasteiger partial charge in [-0.2, -0.15) is 5.10 Å². The lowest BCUT2D eigenvalue weighted by molar-refractivity contribution is -0.137. The molecule has 2 heterocycles. The van der Waals surface area contributed by atoms with Crippen LogP contribution in [0.5, 0.6) is 5.75 Å². The lowest BCUT2D eigenvalue weighted by Gasteiger charge is -2.13. The van der Waals surface area contributed by atoms with Crippen molar-refractivity contribution in [3.63, 3.8) is 0 Å². The SMILES string of the molecule is COc1ccc(-c2nn(-c3ccccc3)cc2C=C2SC(=S)N(CCCC(=O)O)C2=O)cc1Br. The van der Waals surface area contributed by atoms with Crippen molar-refractivity contribution in [2.45, 2.75) is 12.8 Å². The average Bonchev–Trinajstić information content (AvgIpc) is 3.36. The van der Waals surface area contributed by atoms with Crippen LogP contribution in [-0.2, 0) is 9.59 Å². The third-order valence-corrected chi connectivity index (χ3v) is 7.12. The smallest absolute Gasteiger partial charge is 0.303 e. The van der Waals surface area contributed by atoms with E-state index in [1.807, 2.05) is 54.7 Å². The van der Waals surface area contributed by atoms with Crippen LogP contribution in [0.4, 0.5) is 0 Å². The molecule has 34 heavy (non-hydrogen) atoms. The number of nitrogens with zero attached hydrogens (tertiary/aromatic N) is 3. The molecule has 2 aromatic carbocycles. The maximum atomic E-state index is 13.0. The number of rotatable bonds is 8. The predicted octanol–water partition coefficient (Wildman–Crippen LogP) is 5.38. The van der Waals surface area contributed by atoms with E-state index in [-0.39, 0.29) is 18.9 Å². The summed E-state index contributed by atoms with van der Waals surface area (Å²) < 4.78 is 8.33. The van der Waals surface area contributed by atoms with E-state index >= 15 is 0 Å². The zero-order valence-electron chi connectivity index (χ0n) is 18.1. The number of aliphatic carboxylic acids is 1. The molecule has 1 amide bonds. The number of para-hydroxylation sites is 1. The van der Waals surface area contributed by atoms with Crippen LogP contribution in [0.2, 0.25) is 0 Å². The molecule has 1 saturated heterocycles. The van der Waals surface area contributed by atoms with Gasteiger partial charge in [0.1, 0.15) is 15.8 Å². The summed E-state index contributed by atoms with van der Waals surface area (Å²) in [6.07, 6.45) is 3.98. The van der Waals surface area contributed by atoms with Crippen LogP contribution in [0.1, 0.15) is 18.4 Å². The van der Waals surface area contributed by atoms with Crippen LogP contribution in [0.3, 0.4) is 0 Å². The number of hydrogen-bond donors (Lipinski definition) is 1. The lowest BCUT2D eigenvalue weighted by atomic mass is 10.1. The van der Waals surface area contributed by atoms with Gasteiger partial charge in [-0.25, -0.2) is 4.68 Å². The molecular formula is C24H20BrN3O4S2. The van der Waals surface area contributed by atoms with E-state index in [1.165, 1.54) is 16.7 Å². The van der Waals surface area contributed by atoms with Gasteiger partial charge in [0, 0.05) is 30.3 Å². The number of benzene rings is 2. The fourth-order valence-electron chi connectivity index (χ4n) is 3.47. The van der Waals surface area contributed by atoms with Crippen molar-refractivity contribution in [2.24, 2.45) is 0 Å². The van der Waals surface area contributed by atoms with Gasteiger partial charge in [0.2, 0.25) is 0 Å². The molecule has 1 aliphatic heterocycles. The zero-order chi connectivity index (χ0) is 24.2. The normalized spacial score (nSPS) is 14.8. The summed E-state index contributed by atoms with van der Waals surface area (Å²) in [5.74, 6) is -0.422. The second-order valence-corrected chi connectivity index (χ2v) is 9.92. The number of amides is 1. The third kappa shape index (κ3) is 5.24. The van der Waals surface area contributed by atoms with Gasteiger partial charge >= 0.3 is 5.97 Å². The van der Waals surface area contributed by atoms with Crippen LogP contribution in [-0.4, -0.2) is 49.6 Å². The Hall–Kier alpha value is -2.95. The van der Waals surface area contributed by atoms with E-state index in [0.717, 1.165) is 21.3 Å². The molecule has 10 heteroatoms. The number of carbonyl (C=O) groups excluding carboxylic acids is 1. The fraction of sp³-hybridized carbons (Fsp3) is 0.167. The number of hydrogen-bond acceptors (Lipinski definition) is 6. The zero-order valence-corrected chi connectivity index (χ0v) is 21.3. The lowest BCUT2D eigenvalue weighted by Crippen LogP contribution is -2.29. The summed E-state index contributed by atoms with van der Waals surface area (Å²) in [5, 5.41) is 13.7. The van der Waals surface area contributed by atoms with Crippen molar-refractivity contribution in [1.29, 1.82) is 0 Å². The molecule has 1 fully saturated rings. The highest BCUT2D eigenvalue weighted by Crippen LogP contribution is 2.36. The van der Waals surface area contributed by atoms with Crippen LogP contribution in [0.15, 0.2) is 64.1 Å². The van der Waals surface area contributed by atoms with Crippen molar-refractivity contribution in [3.8, 4) is 22.7 Å². The molecule has 0 atom stereocenters. The number of methoxy groups -OCH3 is 1. The van der Waals surface area contributed by atoms with Gasteiger partial charge < -0.3 is 9.84 Å². The van der Waals surface area contributed by atoms with Crippen molar-refractivity contribution >= 4 is 62.2 Å². The van der Waals surface area contributed by atoms with Crippen molar-refractivity contribution in [2.75, 3.05) is 13.7 Å². The summed E-state index contributed by atoms with van der Waals surface area (Å²) in [6.45, 7) is 0.274. The summed E-state index contributed by atoms with van der Waals surface area (Å²) in [5.41, 5.74) is 3.19. The van der Waals surface area contributed by atoms with E-state index in [9.17, 15) is 9.59 Å². The first kappa shape index (κ1) is 24.2. The van der Waals surface area contributed by atoms with Gasteiger partial charge in [-0.05, 0) is 58.8 Å². The number of carboxylic acid groups (broad SMARTS) is 1. The molecule has 0 aliphatic carbocycles. The molecule has 1 aromatic heterocycles. The van der Waals surface area contributed by atoms with Crippen LogP contribution in [0.25, 0.3) is 23.0 Å². The summed E-state index contributed by atoms with van der Waals surface area (Å²) >= 11 is 10.1. The highest BCUT2D eigenvalue weighted by atomic mass is 79.9. The first-order chi connectivity index (χ1) is 16.4. The monoisotopic (exact) mass is 557 g/mol. The Morgan fingerprint density at radius 1 is 1.26 bits per heavy atom. The van der Waals surface area contributed by atoms with Crippen LogP contribution >= 0.6 is 39.9 Å². The molecule has 0 bridgehead atoms. The summed E-state index contributed by atoms with van der Waals surface area (Å²) in [7, 11) is 1.60. The molecule has 174 valence electrons. The molecule has 4 rings (SSSR count). The van der Waals surface area contributed by atoms with E-state index in [4.69, 9.17) is 27.2 Å². The Bertz CT molecular complexity index is 1290. The second-order valence-electron chi connectivity index (χ2n) is 7.39. The molecule has 0 spiro atoms. The number of thioether (sulfide) groups is 1. The molecule has 1 N–H and O–H groups in total. The number of ether oxygens (including phenoxy) is 1. The highest BCUT2D eigenvalue weighted by Gasteiger charge is 2.32. The predicted molar refractivity (Wildman–Crippen MR) is 140 cm³/mol. The average molecular weight is 558 g/mol. The maximum absolute atomic E-state index is 13.0. The van der Waals surface area contributed by atoms with Gasteiger partial charge in [0.05, 0.1) is 22.2 Å². The van der Waals surface area contributed by atoms with Gasteiger partial charge in [-0.3, -0.25) is 14.5 Å². The Balaban J connectivity index is 1.72. The van der Waals surface area contributed by atoms with E-state index in [1.54, 1.807) is 17.9 Å². The standard InChI is InChI=1S/C24H20BrN3O4S2/c1-32-19-10-9-15(12-18(19)25)22-16(14-28(26-22)17-6-3-2-4-7-17)13-20-23(31)27(24(33)34-20)11-5-8-21(29)30/h2-4,6-7,9-10,12-14H,5,8,11H2,1H3,(H,29,30). The minimum Gasteiger partial charge on any atom is -0.496 e.